The van der Waals surface area contributed by atoms with E-state index in [1.165, 1.54) is 24.5 Å². The number of nitrogens with two attached hydrogens (primary N) is 1. The second kappa shape index (κ2) is 4.79. The zero-order valence-corrected chi connectivity index (χ0v) is 10.6. The van der Waals surface area contributed by atoms with Crippen LogP contribution in [0.5, 0.6) is 0 Å². The van der Waals surface area contributed by atoms with Crippen molar-refractivity contribution in [1.29, 1.82) is 0 Å². The number of sulfonamides is 1. The number of hydrogen-bond donors (Lipinski definition) is 2. The highest BCUT2D eigenvalue weighted by Gasteiger charge is 2.15. The van der Waals surface area contributed by atoms with Crippen LogP contribution in [0.25, 0.3) is 0 Å². The molecule has 1 heterocycles. The summed E-state index contributed by atoms with van der Waals surface area (Å²) in [5.41, 5.74) is 5.89. The van der Waals surface area contributed by atoms with Crippen LogP contribution in [0.2, 0.25) is 5.15 Å². The molecule has 0 aliphatic rings. The Labute approximate surface area is 109 Å². The summed E-state index contributed by atoms with van der Waals surface area (Å²) in [6.45, 7) is 0. The average Bonchev–Trinajstić information content (AvgIpc) is 2.28. The molecule has 1 aromatic carbocycles. The molecule has 94 valence electrons. The van der Waals surface area contributed by atoms with Gasteiger partial charge in [-0.15, -0.1) is 0 Å². The van der Waals surface area contributed by atoms with Crippen molar-refractivity contribution in [2.75, 3.05) is 10.5 Å². The quantitative estimate of drug-likeness (QED) is 0.658. The van der Waals surface area contributed by atoms with Crippen LogP contribution >= 0.6 is 11.6 Å². The van der Waals surface area contributed by atoms with Crippen molar-refractivity contribution < 1.29 is 8.42 Å². The van der Waals surface area contributed by atoms with Gasteiger partial charge in [0.05, 0.1) is 4.90 Å². The minimum Gasteiger partial charge on any atom is -0.399 e. The standard InChI is InChI=1S/C10H9ClN4O2S/c11-9-5-10(14-6-13-9)15-18(16,17)8-3-1-2-7(12)4-8/h1-6H,12H2,(H,13,14,15). The number of nitrogens with one attached hydrogen (secondary N) is 1. The molecule has 1 aromatic heterocycles. The van der Waals surface area contributed by atoms with Gasteiger partial charge in [-0.1, -0.05) is 17.7 Å². The lowest BCUT2D eigenvalue weighted by Gasteiger charge is -2.07. The molecular weight excluding hydrogens is 276 g/mol. The van der Waals surface area contributed by atoms with Gasteiger partial charge in [-0.2, -0.15) is 0 Å². The molecule has 0 unspecified atom stereocenters. The number of halogens is 1. The number of nitrogen functional groups attached to an aromatic ring is 1. The van der Waals surface area contributed by atoms with Crippen LogP contribution in [-0.2, 0) is 10.0 Å². The number of rotatable bonds is 3. The van der Waals surface area contributed by atoms with Gasteiger partial charge in [0.25, 0.3) is 10.0 Å². The van der Waals surface area contributed by atoms with E-state index in [4.69, 9.17) is 17.3 Å². The maximum absolute atomic E-state index is 12.0. The summed E-state index contributed by atoms with van der Waals surface area (Å²) in [6.07, 6.45) is 1.17. The fourth-order valence-corrected chi connectivity index (χ4v) is 2.47. The number of benzene rings is 1. The molecule has 0 saturated carbocycles. The van der Waals surface area contributed by atoms with E-state index >= 15 is 0 Å². The van der Waals surface area contributed by atoms with Crippen LogP contribution in [0, 0.1) is 0 Å². The van der Waals surface area contributed by atoms with Crippen LogP contribution in [0.3, 0.4) is 0 Å². The van der Waals surface area contributed by atoms with E-state index in [1.807, 2.05) is 0 Å². The molecular formula is C10H9ClN4O2S. The van der Waals surface area contributed by atoms with Gasteiger partial charge in [0.15, 0.2) is 0 Å². The molecule has 0 spiro atoms. The molecule has 0 bridgehead atoms. The van der Waals surface area contributed by atoms with Crippen LogP contribution in [0.4, 0.5) is 11.5 Å². The van der Waals surface area contributed by atoms with Gasteiger partial charge in [0, 0.05) is 11.8 Å². The lowest BCUT2D eigenvalue weighted by atomic mass is 10.3. The SMILES string of the molecule is Nc1cccc(S(=O)(=O)Nc2cc(Cl)ncn2)c1. The van der Waals surface area contributed by atoms with Gasteiger partial charge in [-0.3, -0.25) is 4.72 Å². The molecule has 6 nitrogen and oxygen atoms in total. The van der Waals surface area contributed by atoms with E-state index in [2.05, 4.69) is 14.7 Å². The zero-order chi connectivity index (χ0) is 13.2. The molecule has 3 N–H and O–H groups in total. The van der Waals surface area contributed by atoms with Gasteiger partial charge < -0.3 is 5.73 Å². The Balaban J connectivity index is 2.33. The lowest BCUT2D eigenvalue weighted by molar-refractivity contribution is 0.601. The summed E-state index contributed by atoms with van der Waals surface area (Å²) >= 11 is 5.64. The minimum atomic E-state index is -3.73. The Morgan fingerprint density at radius 1 is 1.22 bits per heavy atom. The predicted octanol–water partition coefficient (Wildman–Crippen LogP) is 1.51. The summed E-state index contributed by atoms with van der Waals surface area (Å²) in [5, 5.41) is 0.148. The highest BCUT2D eigenvalue weighted by Crippen LogP contribution is 2.17. The number of nitrogens with zero attached hydrogens (tertiary/aromatic N) is 2. The summed E-state index contributed by atoms with van der Waals surface area (Å²) in [7, 11) is -3.73. The molecule has 8 heteroatoms. The van der Waals surface area contributed by atoms with Crippen molar-refractivity contribution in [2.24, 2.45) is 0 Å². The molecule has 18 heavy (non-hydrogen) atoms. The highest BCUT2D eigenvalue weighted by molar-refractivity contribution is 7.92. The summed E-state index contributed by atoms with van der Waals surface area (Å²) < 4.78 is 26.3. The molecule has 2 rings (SSSR count). The van der Waals surface area contributed by atoms with Crippen molar-refractivity contribution in [3.63, 3.8) is 0 Å². The first-order valence-corrected chi connectivity index (χ1v) is 6.69. The van der Waals surface area contributed by atoms with E-state index in [9.17, 15) is 8.42 Å². The van der Waals surface area contributed by atoms with Gasteiger partial charge in [0.2, 0.25) is 0 Å². The van der Waals surface area contributed by atoms with Gasteiger partial charge >= 0.3 is 0 Å². The summed E-state index contributed by atoms with van der Waals surface area (Å²) in [6, 6.07) is 7.25. The van der Waals surface area contributed by atoms with Crippen molar-refractivity contribution in [3.8, 4) is 0 Å². The van der Waals surface area contributed by atoms with E-state index in [-0.39, 0.29) is 15.9 Å². The third kappa shape index (κ3) is 2.88. The Morgan fingerprint density at radius 3 is 2.67 bits per heavy atom. The number of hydrogen-bond acceptors (Lipinski definition) is 5. The van der Waals surface area contributed by atoms with Gasteiger partial charge in [-0.25, -0.2) is 18.4 Å². The predicted molar refractivity (Wildman–Crippen MR) is 68.7 cm³/mol. The number of anilines is 2. The maximum Gasteiger partial charge on any atom is 0.263 e. The first-order valence-electron chi connectivity index (χ1n) is 4.83. The van der Waals surface area contributed by atoms with Crippen LogP contribution in [0.15, 0.2) is 41.6 Å². The van der Waals surface area contributed by atoms with Crippen molar-refractivity contribution >= 4 is 33.1 Å². The van der Waals surface area contributed by atoms with E-state index in [0.717, 1.165) is 0 Å². The second-order valence-corrected chi connectivity index (χ2v) is 5.47. The van der Waals surface area contributed by atoms with Crippen molar-refractivity contribution in [1.82, 2.24) is 9.97 Å². The third-order valence-electron chi connectivity index (χ3n) is 2.04. The lowest BCUT2D eigenvalue weighted by Crippen LogP contribution is -2.14. The molecule has 0 aliphatic heterocycles. The van der Waals surface area contributed by atoms with Crippen LogP contribution in [-0.4, -0.2) is 18.4 Å². The van der Waals surface area contributed by atoms with E-state index < -0.39 is 10.0 Å². The third-order valence-corrected chi connectivity index (χ3v) is 3.60. The first-order chi connectivity index (χ1) is 8.47. The van der Waals surface area contributed by atoms with Gasteiger partial charge in [-0.05, 0) is 18.2 Å². The molecule has 0 fully saturated rings. The highest BCUT2D eigenvalue weighted by atomic mass is 35.5. The fourth-order valence-electron chi connectivity index (χ4n) is 1.27. The monoisotopic (exact) mass is 284 g/mol. The topological polar surface area (TPSA) is 98.0 Å². The largest absolute Gasteiger partial charge is 0.399 e. The molecule has 0 atom stereocenters. The molecule has 0 amide bonds. The fraction of sp³-hybridized carbons (Fsp3) is 0. The smallest absolute Gasteiger partial charge is 0.263 e. The van der Waals surface area contributed by atoms with E-state index in [0.29, 0.717) is 5.69 Å². The molecule has 0 radical (unpaired) electrons. The zero-order valence-electron chi connectivity index (χ0n) is 9.04. The Bertz CT molecular complexity index is 675. The number of aromatic nitrogens is 2. The van der Waals surface area contributed by atoms with Crippen LogP contribution in [0.1, 0.15) is 0 Å². The summed E-state index contributed by atoms with van der Waals surface area (Å²) in [4.78, 5) is 7.46. The maximum atomic E-state index is 12.0. The minimum absolute atomic E-state index is 0.0530. The van der Waals surface area contributed by atoms with Crippen molar-refractivity contribution in [2.45, 2.75) is 4.90 Å². The Hall–Kier alpha value is -1.86. The molecule has 0 saturated heterocycles. The molecule has 0 aliphatic carbocycles. The normalized spacial score (nSPS) is 11.2. The van der Waals surface area contributed by atoms with E-state index in [1.54, 1.807) is 12.1 Å². The van der Waals surface area contributed by atoms with Crippen molar-refractivity contribution in [3.05, 3.63) is 41.8 Å². The average molecular weight is 285 g/mol. The molecule has 2 aromatic rings. The Kier molecular flexibility index (Phi) is 3.35. The first kappa shape index (κ1) is 12.6. The van der Waals surface area contributed by atoms with Gasteiger partial charge in [0.1, 0.15) is 17.3 Å². The van der Waals surface area contributed by atoms with Crippen LogP contribution < -0.4 is 10.5 Å². The second-order valence-electron chi connectivity index (χ2n) is 3.40. The Morgan fingerprint density at radius 2 is 2.00 bits per heavy atom. The summed E-state index contributed by atoms with van der Waals surface area (Å²) in [5.74, 6) is 0.0948.